The molecule has 1 aromatic carbocycles. The molecule has 0 saturated carbocycles. The molecule has 1 aromatic rings. The second-order valence-corrected chi connectivity index (χ2v) is 6.14. The maximum atomic E-state index is 9.61. The first-order chi connectivity index (χ1) is 9.95. The largest absolute Gasteiger partial charge is 0.508 e. The molecule has 0 spiro atoms. The first kappa shape index (κ1) is 16.1. The van der Waals surface area contributed by atoms with E-state index >= 15 is 0 Å². The molecule has 1 atom stereocenters. The van der Waals surface area contributed by atoms with Gasteiger partial charge >= 0.3 is 0 Å². The molecule has 5 nitrogen and oxygen atoms in total. The van der Waals surface area contributed by atoms with Crippen molar-refractivity contribution in [1.82, 2.24) is 14.7 Å². The van der Waals surface area contributed by atoms with Crippen LogP contribution in [-0.2, 0) is 0 Å². The summed E-state index contributed by atoms with van der Waals surface area (Å²) in [6.07, 6.45) is 0. The maximum Gasteiger partial charge on any atom is 0.119 e. The van der Waals surface area contributed by atoms with Crippen LogP contribution < -0.4 is 0 Å². The summed E-state index contributed by atoms with van der Waals surface area (Å²) < 4.78 is 0. The highest BCUT2D eigenvalue weighted by Gasteiger charge is 2.22. The van der Waals surface area contributed by atoms with Crippen molar-refractivity contribution >= 4 is 0 Å². The molecule has 1 saturated heterocycles. The van der Waals surface area contributed by atoms with Crippen LogP contribution in [0.4, 0.5) is 0 Å². The summed E-state index contributed by atoms with van der Waals surface area (Å²) in [4.78, 5) is 7.11. The van der Waals surface area contributed by atoms with Crippen molar-refractivity contribution in [1.29, 1.82) is 0 Å². The fraction of sp³-hybridized carbons (Fsp3) is 0.625. The minimum atomic E-state index is 0.126. The van der Waals surface area contributed by atoms with Crippen LogP contribution in [0, 0.1) is 0 Å². The lowest BCUT2D eigenvalue weighted by molar-refractivity contribution is 0.0974. The second kappa shape index (κ2) is 7.11. The zero-order valence-corrected chi connectivity index (χ0v) is 13.3. The number of phenolic OH excluding ortho intramolecular Hbond substituents is 2. The highest BCUT2D eigenvalue weighted by molar-refractivity contribution is 5.38. The summed E-state index contributed by atoms with van der Waals surface area (Å²) in [7, 11) is 4.21. The van der Waals surface area contributed by atoms with Gasteiger partial charge in [0.1, 0.15) is 11.5 Å². The fourth-order valence-corrected chi connectivity index (χ4v) is 2.79. The Morgan fingerprint density at radius 2 is 1.62 bits per heavy atom. The Kier molecular flexibility index (Phi) is 5.45. The summed E-state index contributed by atoms with van der Waals surface area (Å²) in [5.74, 6) is 0.253. The van der Waals surface area contributed by atoms with Crippen LogP contribution in [-0.4, -0.2) is 78.3 Å². The molecule has 1 heterocycles. The number of rotatable bonds is 5. The number of benzene rings is 1. The quantitative estimate of drug-likeness (QED) is 0.858. The molecule has 118 valence electrons. The Labute approximate surface area is 127 Å². The Morgan fingerprint density at radius 3 is 2.14 bits per heavy atom. The number of hydrogen-bond donors (Lipinski definition) is 2. The number of piperazine rings is 1. The zero-order chi connectivity index (χ0) is 15.4. The second-order valence-electron chi connectivity index (χ2n) is 6.14. The summed E-state index contributed by atoms with van der Waals surface area (Å²) in [5.41, 5.74) is 0.967. The van der Waals surface area contributed by atoms with E-state index < -0.39 is 0 Å². The molecule has 5 heteroatoms. The van der Waals surface area contributed by atoms with E-state index in [2.05, 4.69) is 35.7 Å². The van der Waals surface area contributed by atoms with Crippen LogP contribution in [0.15, 0.2) is 18.2 Å². The van der Waals surface area contributed by atoms with Crippen molar-refractivity contribution in [2.45, 2.75) is 13.0 Å². The molecule has 0 aliphatic carbocycles. The van der Waals surface area contributed by atoms with Crippen LogP contribution in [0.25, 0.3) is 0 Å². The van der Waals surface area contributed by atoms with Gasteiger partial charge in [0.2, 0.25) is 0 Å². The van der Waals surface area contributed by atoms with E-state index in [-0.39, 0.29) is 17.5 Å². The van der Waals surface area contributed by atoms with Gasteiger partial charge in [0, 0.05) is 51.4 Å². The molecule has 0 amide bonds. The number of likely N-dealkylation sites (N-methyl/N-ethyl adjacent to an activating group) is 1. The predicted molar refractivity (Wildman–Crippen MR) is 84.8 cm³/mol. The smallest absolute Gasteiger partial charge is 0.119 e. The third-order valence-corrected chi connectivity index (χ3v) is 4.23. The minimum absolute atomic E-state index is 0.126. The molecule has 21 heavy (non-hydrogen) atoms. The van der Waals surface area contributed by atoms with E-state index in [1.807, 2.05) is 0 Å². The van der Waals surface area contributed by atoms with E-state index in [4.69, 9.17) is 0 Å². The Morgan fingerprint density at radius 1 is 1.05 bits per heavy atom. The van der Waals surface area contributed by atoms with Crippen molar-refractivity contribution in [3.63, 3.8) is 0 Å². The van der Waals surface area contributed by atoms with E-state index in [1.54, 1.807) is 12.1 Å². The van der Waals surface area contributed by atoms with E-state index in [1.165, 1.54) is 6.07 Å². The number of hydrogen-bond acceptors (Lipinski definition) is 5. The number of nitrogens with zero attached hydrogens (tertiary/aromatic N) is 3. The average molecular weight is 293 g/mol. The Bertz CT molecular complexity index is 437. The molecule has 0 bridgehead atoms. The summed E-state index contributed by atoms with van der Waals surface area (Å²) in [6.45, 7) is 8.52. The van der Waals surface area contributed by atoms with E-state index in [0.717, 1.165) is 44.8 Å². The molecule has 1 aliphatic rings. The number of aromatic hydroxyl groups is 2. The van der Waals surface area contributed by atoms with Gasteiger partial charge in [-0.15, -0.1) is 0 Å². The molecule has 0 aromatic heterocycles. The summed E-state index contributed by atoms with van der Waals surface area (Å²) >= 11 is 0. The number of phenols is 2. The third-order valence-electron chi connectivity index (χ3n) is 4.23. The topological polar surface area (TPSA) is 50.2 Å². The normalized spacial score (nSPS) is 19.0. The molecular weight excluding hydrogens is 266 g/mol. The van der Waals surface area contributed by atoms with Crippen molar-refractivity contribution < 1.29 is 10.2 Å². The molecule has 1 aliphatic heterocycles. The van der Waals surface area contributed by atoms with Gasteiger partial charge in [-0.3, -0.25) is 9.80 Å². The van der Waals surface area contributed by atoms with Gasteiger partial charge in [-0.1, -0.05) is 0 Å². The van der Waals surface area contributed by atoms with E-state index in [9.17, 15) is 10.2 Å². The highest BCUT2D eigenvalue weighted by Crippen LogP contribution is 2.28. The Balaban J connectivity index is 1.89. The average Bonchev–Trinajstić information content (AvgIpc) is 2.44. The first-order valence-corrected chi connectivity index (χ1v) is 7.60. The van der Waals surface area contributed by atoms with Gasteiger partial charge in [0.25, 0.3) is 0 Å². The van der Waals surface area contributed by atoms with Gasteiger partial charge in [0.05, 0.1) is 0 Å². The molecule has 0 radical (unpaired) electrons. The van der Waals surface area contributed by atoms with Gasteiger partial charge < -0.3 is 15.1 Å². The molecule has 1 unspecified atom stereocenters. The molecule has 1 fully saturated rings. The lowest BCUT2D eigenvalue weighted by Crippen LogP contribution is -2.48. The fourth-order valence-electron chi connectivity index (χ4n) is 2.79. The maximum absolute atomic E-state index is 9.61. The van der Waals surface area contributed by atoms with Gasteiger partial charge in [-0.25, -0.2) is 0 Å². The van der Waals surface area contributed by atoms with Crippen LogP contribution in [0.1, 0.15) is 18.5 Å². The van der Waals surface area contributed by atoms with Gasteiger partial charge in [0.15, 0.2) is 0 Å². The highest BCUT2D eigenvalue weighted by atomic mass is 16.3. The zero-order valence-electron chi connectivity index (χ0n) is 13.3. The van der Waals surface area contributed by atoms with Crippen molar-refractivity contribution in [2.24, 2.45) is 0 Å². The molecule has 2 N–H and O–H groups in total. The van der Waals surface area contributed by atoms with Crippen molar-refractivity contribution in [3.8, 4) is 11.5 Å². The van der Waals surface area contributed by atoms with E-state index in [0.29, 0.717) is 0 Å². The summed E-state index contributed by atoms with van der Waals surface area (Å²) in [5, 5.41) is 19.2. The lowest BCUT2D eigenvalue weighted by atomic mass is 10.1. The summed E-state index contributed by atoms with van der Waals surface area (Å²) in [6, 6.07) is 5.06. The third kappa shape index (κ3) is 4.59. The van der Waals surface area contributed by atoms with Crippen LogP contribution in [0.3, 0.4) is 0 Å². The van der Waals surface area contributed by atoms with Gasteiger partial charge in [-0.05, 0) is 38.7 Å². The van der Waals surface area contributed by atoms with Crippen LogP contribution >= 0.6 is 0 Å². The standard InChI is InChI=1S/C16H27N3O2/c1-13(14-10-15(20)12-16(21)11-14)19-8-6-18(7-9-19)5-4-17(2)3/h10-13,20-21H,4-9H2,1-3H3. The van der Waals surface area contributed by atoms with Crippen LogP contribution in [0.2, 0.25) is 0 Å². The monoisotopic (exact) mass is 293 g/mol. The predicted octanol–water partition coefficient (Wildman–Crippen LogP) is 1.34. The molecular formula is C16H27N3O2. The first-order valence-electron chi connectivity index (χ1n) is 7.60. The van der Waals surface area contributed by atoms with Crippen LogP contribution in [0.5, 0.6) is 11.5 Å². The lowest BCUT2D eigenvalue weighted by Gasteiger charge is -2.38. The minimum Gasteiger partial charge on any atom is -0.508 e. The van der Waals surface area contributed by atoms with Crippen molar-refractivity contribution in [3.05, 3.63) is 23.8 Å². The Hall–Kier alpha value is -1.30. The molecule has 2 rings (SSSR count). The SMILES string of the molecule is CC(c1cc(O)cc(O)c1)N1CCN(CCN(C)C)CC1. The van der Waals surface area contributed by atoms with Crippen molar-refractivity contribution in [2.75, 3.05) is 53.4 Å². The van der Waals surface area contributed by atoms with Gasteiger partial charge in [-0.2, -0.15) is 0 Å².